The number of hydrogen-bond acceptors (Lipinski definition) is 5. The molecule has 0 amide bonds. The van der Waals surface area contributed by atoms with Crippen LogP contribution in [0.1, 0.15) is 50.5 Å². The lowest BCUT2D eigenvalue weighted by atomic mass is 9.88. The Balaban J connectivity index is 1.56. The average molecular weight is 377 g/mol. The molecule has 1 N–H and O–H groups in total. The van der Waals surface area contributed by atoms with Crippen molar-refractivity contribution in [1.29, 1.82) is 0 Å². The predicted molar refractivity (Wildman–Crippen MR) is 109 cm³/mol. The van der Waals surface area contributed by atoms with Gasteiger partial charge in [0.2, 0.25) is 5.75 Å². The quantitative estimate of drug-likeness (QED) is 0.747. The van der Waals surface area contributed by atoms with Crippen LogP contribution in [0.15, 0.2) is 12.1 Å². The van der Waals surface area contributed by atoms with Gasteiger partial charge in [0.15, 0.2) is 11.5 Å². The average Bonchev–Trinajstić information content (AvgIpc) is 2.72. The Morgan fingerprint density at radius 1 is 0.926 bits per heavy atom. The van der Waals surface area contributed by atoms with Gasteiger partial charge in [-0.2, -0.15) is 0 Å². The minimum Gasteiger partial charge on any atom is -0.493 e. The lowest BCUT2D eigenvalue weighted by Crippen LogP contribution is -2.47. The molecule has 2 aliphatic rings. The van der Waals surface area contributed by atoms with Crippen molar-refractivity contribution in [3.8, 4) is 17.2 Å². The fourth-order valence-corrected chi connectivity index (χ4v) is 4.68. The van der Waals surface area contributed by atoms with Gasteiger partial charge in [0.05, 0.1) is 21.3 Å². The largest absolute Gasteiger partial charge is 0.493 e. The molecule has 1 aliphatic carbocycles. The van der Waals surface area contributed by atoms with E-state index in [0.717, 1.165) is 30.3 Å². The lowest BCUT2D eigenvalue weighted by Gasteiger charge is -2.36. The normalized spacial score (nSPS) is 21.8. The van der Waals surface area contributed by atoms with Gasteiger partial charge in [-0.1, -0.05) is 25.3 Å². The first-order valence-corrected chi connectivity index (χ1v) is 10.5. The maximum absolute atomic E-state index is 5.62. The molecule has 1 aromatic carbocycles. The zero-order valence-corrected chi connectivity index (χ0v) is 17.3. The van der Waals surface area contributed by atoms with E-state index in [2.05, 4.69) is 16.3 Å². The zero-order chi connectivity index (χ0) is 19.1. The highest BCUT2D eigenvalue weighted by Gasteiger charge is 2.24. The van der Waals surface area contributed by atoms with E-state index in [1.807, 2.05) is 6.07 Å². The Labute approximate surface area is 164 Å². The van der Waals surface area contributed by atoms with Gasteiger partial charge in [-0.3, -0.25) is 0 Å². The van der Waals surface area contributed by atoms with E-state index < -0.39 is 0 Å². The summed E-state index contributed by atoms with van der Waals surface area (Å²) in [6.45, 7) is 4.49. The van der Waals surface area contributed by atoms with E-state index in [-0.39, 0.29) is 0 Å². The van der Waals surface area contributed by atoms with Crippen LogP contribution >= 0.6 is 0 Å². The maximum Gasteiger partial charge on any atom is 0.203 e. The van der Waals surface area contributed by atoms with Crippen molar-refractivity contribution in [3.63, 3.8) is 0 Å². The van der Waals surface area contributed by atoms with Gasteiger partial charge in [0.1, 0.15) is 0 Å². The first-order valence-electron chi connectivity index (χ1n) is 10.5. The highest BCUT2D eigenvalue weighted by Crippen LogP contribution is 2.39. The van der Waals surface area contributed by atoms with Crippen molar-refractivity contribution < 1.29 is 14.2 Å². The molecule has 5 nitrogen and oxygen atoms in total. The van der Waals surface area contributed by atoms with Crippen molar-refractivity contribution in [2.45, 2.75) is 57.5 Å². The SMILES string of the molecule is COc1ccc(CNC2CCCN(CC3CCCCC3)C2)c(OC)c1OC. The Morgan fingerprint density at radius 3 is 2.41 bits per heavy atom. The van der Waals surface area contributed by atoms with Crippen LogP contribution in [0.3, 0.4) is 0 Å². The second-order valence-corrected chi connectivity index (χ2v) is 7.98. The molecular formula is C22H36N2O3. The molecule has 0 bridgehead atoms. The topological polar surface area (TPSA) is 43.0 Å². The van der Waals surface area contributed by atoms with Gasteiger partial charge < -0.3 is 24.4 Å². The molecule has 3 rings (SSSR count). The van der Waals surface area contributed by atoms with Gasteiger partial charge in [0, 0.05) is 31.2 Å². The number of hydrogen-bond donors (Lipinski definition) is 1. The summed E-state index contributed by atoms with van der Waals surface area (Å²) < 4.78 is 16.5. The molecule has 5 heteroatoms. The number of benzene rings is 1. The first-order chi connectivity index (χ1) is 13.2. The molecule has 1 saturated heterocycles. The summed E-state index contributed by atoms with van der Waals surface area (Å²) in [5.74, 6) is 3.05. The van der Waals surface area contributed by atoms with Crippen LogP contribution in [-0.2, 0) is 6.54 Å². The Morgan fingerprint density at radius 2 is 1.70 bits per heavy atom. The molecule has 152 valence electrons. The number of rotatable bonds is 8. The van der Waals surface area contributed by atoms with Crippen LogP contribution in [0, 0.1) is 5.92 Å². The third-order valence-electron chi connectivity index (χ3n) is 6.11. The van der Waals surface area contributed by atoms with Crippen LogP contribution < -0.4 is 19.5 Å². The van der Waals surface area contributed by atoms with Gasteiger partial charge in [-0.05, 0) is 44.2 Å². The Kier molecular flexibility index (Phi) is 7.65. The van der Waals surface area contributed by atoms with Crippen LogP contribution in [0.2, 0.25) is 0 Å². The predicted octanol–water partition coefficient (Wildman–Crippen LogP) is 3.85. The number of likely N-dealkylation sites (tertiary alicyclic amines) is 1. The van der Waals surface area contributed by atoms with Crippen molar-refractivity contribution in [2.24, 2.45) is 5.92 Å². The summed E-state index contributed by atoms with van der Waals surface area (Å²) in [5.41, 5.74) is 1.11. The van der Waals surface area contributed by atoms with Gasteiger partial charge in [-0.25, -0.2) is 0 Å². The van der Waals surface area contributed by atoms with Crippen molar-refractivity contribution in [2.75, 3.05) is 41.0 Å². The highest BCUT2D eigenvalue weighted by molar-refractivity contribution is 5.55. The summed E-state index contributed by atoms with van der Waals surface area (Å²) in [6.07, 6.45) is 9.69. The minimum atomic E-state index is 0.542. The Hall–Kier alpha value is -1.46. The molecule has 1 saturated carbocycles. The molecule has 1 unspecified atom stereocenters. The number of nitrogens with zero attached hydrogens (tertiary/aromatic N) is 1. The molecule has 2 fully saturated rings. The second kappa shape index (κ2) is 10.2. The summed E-state index contributed by atoms with van der Waals surface area (Å²) in [5, 5.41) is 3.75. The molecule has 1 heterocycles. The molecule has 1 aliphatic heterocycles. The number of piperidine rings is 1. The molecular weight excluding hydrogens is 340 g/mol. The molecule has 0 spiro atoms. The molecule has 27 heavy (non-hydrogen) atoms. The third-order valence-corrected chi connectivity index (χ3v) is 6.11. The maximum atomic E-state index is 5.62. The highest BCUT2D eigenvalue weighted by atomic mass is 16.5. The van der Waals surface area contributed by atoms with E-state index >= 15 is 0 Å². The summed E-state index contributed by atoms with van der Waals surface area (Å²) in [7, 11) is 4.99. The summed E-state index contributed by atoms with van der Waals surface area (Å²) in [6, 6.07) is 4.56. The number of methoxy groups -OCH3 is 3. The van der Waals surface area contributed by atoms with Crippen molar-refractivity contribution >= 4 is 0 Å². The van der Waals surface area contributed by atoms with Crippen LogP contribution in [0.4, 0.5) is 0 Å². The molecule has 1 atom stereocenters. The van der Waals surface area contributed by atoms with E-state index in [4.69, 9.17) is 14.2 Å². The van der Waals surface area contributed by atoms with E-state index in [1.165, 1.54) is 58.0 Å². The van der Waals surface area contributed by atoms with Gasteiger partial charge in [0.25, 0.3) is 0 Å². The lowest BCUT2D eigenvalue weighted by molar-refractivity contribution is 0.149. The fraction of sp³-hybridized carbons (Fsp3) is 0.727. The van der Waals surface area contributed by atoms with Gasteiger partial charge >= 0.3 is 0 Å². The molecule has 0 radical (unpaired) electrons. The summed E-state index contributed by atoms with van der Waals surface area (Å²) >= 11 is 0. The first kappa shape index (κ1) is 20.3. The van der Waals surface area contributed by atoms with Crippen LogP contribution in [0.5, 0.6) is 17.2 Å². The zero-order valence-electron chi connectivity index (χ0n) is 17.3. The van der Waals surface area contributed by atoms with Gasteiger partial charge in [-0.15, -0.1) is 0 Å². The molecule has 0 aromatic heterocycles. The summed E-state index contributed by atoms with van der Waals surface area (Å²) in [4.78, 5) is 2.68. The van der Waals surface area contributed by atoms with Crippen molar-refractivity contribution in [3.05, 3.63) is 17.7 Å². The fourth-order valence-electron chi connectivity index (χ4n) is 4.68. The van der Waals surface area contributed by atoms with E-state index in [9.17, 15) is 0 Å². The van der Waals surface area contributed by atoms with Crippen LogP contribution in [-0.4, -0.2) is 51.9 Å². The third kappa shape index (κ3) is 5.29. The number of ether oxygens (including phenoxy) is 3. The second-order valence-electron chi connectivity index (χ2n) is 7.98. The standard InChI is InChI=1S/C22H36N2O3/c1-25-20-12-11-18(21(26-2)22(20)27-3)14-23-19-10-7-13-24(16-19)15-17-8-5-4-6-9-17/h11-12,17,19,23H,4-10,13-16H2,1-3H3. The van der Waals surface area contributed by atoms with Crippen LogP contribution in [0.25, 0.3) is 0 Å². The molecule has 1 aromatic rings. The van der Waals surface area contributed by atoms with Crippen molar-refractivity contribution in [1.82, 2.24) is 10.2 Å². The minimum absolute atomic E-state index is 0.542. The smallest absolute Gasteiger partial charge is 0.203 e. The number of nitrogens with one attached hydrogen (secondary N) is 1. The Bertz CT molecular complexity index is 587. The van der Waals surface area contributed by atoms with E-state index in [0.29, 0.717) is 17.5 Å². The van der Waals surface area contributed by atoms with E-state index in [1.54, 1.807) is 21.3 Å². The monoisotopic (exact) mass is 376 g/mol.